The highest BCUT2D eigenvalue weighted by atomic mass is 127. The number of hydrogen-bond acceptors (Lipinski definition) is 3. The van der Waals surface area contributed by atoms with Crippen LogP contribution in [-0.2, 0) is 6.54 Å². The molecule has 6 heteroatoms. The smallest absolute Gasteiger partial charge is 0.266 e. The number of fused-ring (bicyclic) bond motifs is 1. The molecule has 0 saturated heterocycles. The topological polar surface area (TPSA) is 23.6 Å². The van der Waals surface area contributed by atoms with Crippen molar-refractivity contribution >= 4 is 67.5 Å². The first kappa shape index (κ1) is 19.5. The molecule has 3 nitrogen and oxygen atoms in total. The van der Waals surface area contributed by atoms with Crippen molar-refractivity contribution in [2.45, 2.75) is 26.4 Å². The minimum atomic E-state index is -0.0127. The van der Waals surface area contributed by atoms with E-state index in [9.17, 15) is 4.79 Å². The zero-order chi connectivity index (χ0) is 18.8. The Bertz CT molecular complexity index is 921. The van der Waals surface area contributed by atoms with Gasteiger partial charge in [-0.25, -0.2) is 0 Å². The molecule has 0 unspecified atom stereocenters. The largest absolute Gasteiger partial charge is 0.331 e. The summed E-state index contributed by atoms with van der Waals surface area (Å²) in [4.78, 5) is 15.7. The highest BCUT2D eigenvalue weighted by Gasteiger charge is 2.24. The van der Waals surface area contributed by atoms with Crippen molar-refractivity contribution in [2.75, 3.05) is 10.2 Å². The minimum Gasteiger partial charge on any atom is -0.331 e. The lowest BCUT2D eigenvalue weighted by molar-refractivity contribution is 0.0695. The first-order valence-corrected chi connectivity index (χ1v) is 10.5. The average molecular weight is 499 g/mol. The van der Waals surface area contributed by atoms with Gasteiger partial charge in [0.2, 0.25) is 0 Å². The van der Waals surface area contributed by atoms with E-state index >= 15 is 0 Å². The van der Waals surface area contributed by atoms with Crippen LogP contribution in [0.2, 0.25) is 5.02 Å². The fourth-order valence-corrected chi connectivity index (χ4v) is 4.56. The van der Waals surface area contributed by atoms with Crippen molar-refractivity contribution in [2.24, 2.45) is 0 Å². The molecular formula is C20H20ClIN2OS. The molecule has 1 amide bonds. The van der Waals surface area contributed by atoms with Gasteiger partial charge in [0.05, 0.1) is 27.9 Å². The molecule has 0 bridgehead atoms. The number of amides is 1. The fraction of sp³-hybridized carbons (Fsp3) is 0.250. The molecule has 0 spiro atoms. The van der Waals surface area contributed by atoms with Gasteiger partial charge in [-0.15, -0.1) is 11.3 Å². The standard InChI is InChI=1S/C20H20ClIN2OS/c1-13(2)24(12-14-8-10-15(11-9-14)23(3)22)20(25)19-18(21)16-6-4-5-7-17(16)26-19/h4-11,13H,12H2,1-3H3. The van der Waals surface area contributed by atoms with Crippen molar-refractivity contribution in [3.8, 4) is 0 Å². The third-order valence-electron chi connectivity index (χ3n) is 4.26. The lowest BCUT2D eigenvalue weighted by Crippen LogP contribution is -2.36. The van der Waals surface area contributed by atoms with E-state index in [1.54, 1.807) is 0 Å². The van der Waals surface area contributed by atoms with Crippen molar-refractivity contribution in [1.29, 1.82) is 0 Å². The zero-order valence-electron chi connectivity index (χ0n) is 14.9. The van der Waals surface area contributed by atoms with Crippen LogP contribution in [0.4, 0.5) is 5.69 Å². The van der Waals surface area contributed by atoms with E-state index in [4.69, 9.17) is 11.6 Å². The number of anilines is 1. The van der Waals surface area contributed by atoms with Gasteiger partial charge in [-0.1, -0.05) is 41.9 Å². The first-order chi connectivity index (χ1) is 12.4. The van der Waals surface area contributed by atoms with Crippen LogP contribution in [0.5, 0.6) is 0 Å². The molecular weight excluding hydrogens is 479 g/mol. The summed E-state index contributed by atoms with van der Waals surface area (Å²) in [5.41, 5.74) is 2.23. The molecule has 3 rings (SSSR count). The predicted molar refractivity (Wildman–Crippen MR) is 121 cm³/mol. The van der Waals surface area contributed by atoms with E-state index in [0.717, 1.165) is 21.3 Å². The molecule has 2 aromatic carbocycles. The number of nitrogens with zero attached hydrogens (tertiary/aromatic N) is 2. The normalized spacial score (nSPS) is 11.2. The number of benzene rings is 2. The maximum atomic E-state index is 13.2. The lowest BCUT2D eigenvalue weighted by Gasteiger charge is -2.27. The maximum absolute atomic E-state index is 13.2. The fourth-order valence-electron chi connectivity index (χ4n) is 2.77. The SMILES string of the molecule is CC(C)N(Cc1ccc(N(C)I)cc1)C(=O)c1sc2ccccc2c1Cl. The Morgan fingerprint density at radius 3 is 2.38 bits per heavy atom. The molecule has 0 radical (unpaired) electrons. The van der Waals surface area contributed by atoms with E-state index in [1.165, 1.54) is 11.3 Å². The van der Waals surface area contributed by atoms with Crippen LogP contribution in [0.15, 0.2) is 48.5 Å². The van der Waals surface area contributed by atoms with E-state index < -0.39 is 0 Å². The number of rotatable bonds is 5. The van der Waals surface area contributed by atoms with Crippen LogP contribution in [0, 0.1) is 0 Å². The van der Waals surface area contributed by atoms with Crippen LogP contribution in [0.3, 0.4) is 0 Å². The molecule has 136 valence electrons. The monoisotopic (exact) mass is 498 g/mol. The minimum absolute atomic E-state index is 0.0127. The van der Waals surface area contributed by atoms with Crippen molar-refractivity contribution in [3.05, 3.63) is 64.0 Å². The Labute approximate surface area is 177 Å². The van der Waals surface area contributed by atoms with Crippen LogP contribution < -0.4 is 3.11 Å². The summed E-state index contributed by atoms with van der Waals surface area (Å²) < 4.78 is 3.07. The lowest BCUT2D eigenvalue weighted by atomic mass is 10.1. The molecule has 0 aliphatic rings. The second kappa shape index (κ2) is 8.15. The predicted octanol–water partition coefficient (Wildman–Crippen LogP) is 6.39. The summed E-state index contributed by atoms with van der Waals surface area (Å²) in [5, 5.41) is 1.50. The van der Waals surface area contributed by atoms with Gasteiger partial charge in [0, 0.05) is 35.4 Å². The Morgan fingerprint density at radius 2 is 1.81 bits per heavy atom. The summed E-state index contributed by atoms with van der Waals surface area (Å²) in [7, 11) is 2.00. The molecule has 0 aliphatic carbocycles. The number of thiophene rings is 1. The highest BCUT2D eigenvalue weighted by Crippen LogP contribution is 2.36. The Morgan fingerprint density at radius 1 is 1.15 bits per heavy atom. The number of carbonyl (C=O) groups is 1. The Balaban J connectivity index is 1.89. The van der Waals surface area contributed by atoms with E-state index in [2.05, 4.69) is 47.1 Å². The molecule has 3 aromatic rings. The van der Waals surface area contributed by atoms with Crippen molar-refractivity contribution in [3.63, 3.8) is 0 Å². The van der Waals surface area contributed by atoms with Gasteiger partial charge in [-0.2, -0.15) is 0 Å². The Kier molecular flexibility index (Phi) is 6.10. The van der Waals surface area contributed by atoms with E-state index in [-0.39, 0.29) is 11.9 Å². The van der Waals surface area contributed by atoms with Gasteiger partial charge < -0.3 is 8.01 Å². The van der Waals surface area contributed by atoms with Gasteiger partial charge in [0.25, 0.3) is 5.91 Å². The van der Waals surface area contributed by atoms with Gasteiger partial charge >= 0.3 is 0 Å². The summed E-state index contributed by atoms with van der Waals surface area (Å²) in [6.45, 7) is 4.63. The maximum Gasteiger partial charge on any atom is 0.266 e. The molecule has 0 N–H and O–H groups in total. The Hall–Kier alpha value is -1.31. The van der Waals surface area contributed by atoms with Gasteiger partial charge in [-0.3, -0.25) is 4.79 Å². The van der Waals surface area contributed by atoms with Crippen LogP contribution in [0.25, 0.3) is 10.1 Å². The third-order valence-corrected chi connectivity index (χ3v) is 6.48. The van der Waals surface area contributed by atoms with Crippen LogP contribution in [-0.4, -0.2) is 23.9 Å². The summed E-state index contributed by atoms with van der Waals surface area (Å²) in [6, 6.07) is 16.2. The third kappa shape index (κ3) is 4.00. The summed E-state index contributed by atoms with van der Waals surface area (Å²) in [5.74, 6) is -0.0127. The molecule has 0 atom stereocenters. The highest BCUT2D eigenvalue weighted by molar-refractivity contribution is 14.1. The molecule has 0 saturated carbocycles. The summed E-state index contributed by atoms with van der Waals surface area (Å²) >= 11 is 10.2. The van der Waals surface area contributed by atoms with Crippen molar-refractivity contribution in [1.82, 2.24) is 4.90 Å². The summed E-state index contributed by atoms with van der Waals surface area (Å²) in [6.07, 6.45) is 0. The zero-order valence-corrected chi connectivity index (χ0v) is 18.6. The van der Waals surface area contributed by atoms with Gasteiger partial charge in [0.1, 0.15) is 4.88 Å². The quantitative estimate of drug-likeness (QED) is 0.300. The number of halogens is 2. The van der Waals surface area contributed by atoms with Crippen molar-refractivity contribution < 1.29 is 4.79 Å². The molecule has 1 aromatic heterocycles. The first-order valence-electron chi connectivity index (χ1n) is 8.35. The molecule has 0 fully saturated rings. The van der Waals surface area contributed by atoms with Gasteiger partial charge in [-0.05, 0) is 37.6 Å². The number of carbonyl (C=O) groups excluding carboxylic acids is 1. The van der Waals surface area contributed by atoms with E-state index in [1.807, 2.05) is 53.2 Å². The van der Waals surface area contributed by atoms with Crippen LogP contribution in [0.1, 0.15) is 29.1 Å². The molecule has 26 heavy (non-hydrogen) atoms. The molecule has 0 aliphatic heterocycles. The second-order valence-electron chi connectivity index (χ2n) is 6.41. The van der Waals surface area contributed by atoms with Crippen LogP contribution >= 0.6 is 45.8 Å². The second-order valence-corrected chi connectivity index (χ2v) is 9.29. The number of hydrogen-bond donors (Lipinski definition) is 0. The van der Waals surface area contributed by atoms with Gasteiger partial charge in [0.15, 0.2) is 0 Å². The van der Waals surface area contributed by atoms with E-state index in [0.29, 0.717) is 16.4 Å². The average Bonchev–Trinajstić information content (AvgIpc) is 2.96. The molecule has 1 heterocycles.